The topological polar surface area (TPSA) is 117 Å². The van der Waals surface area contributed by atoms with Crippen molar-refractivity contribution in [3.8, 4) is 0 Å². The number of aromatic nitrogens is 1. The van der Waals surface area contributed by atoms with Crippen LogP contribution in [0.3, 0.4) is 0 Å². The molecule has 2 atom stereocenters. The van der Waals surface area contributed by atoms with Gasteiger partial charge in [0.25, 0.3) is 5.91 Å². The van der Waals surface area contributed by atoms with Gasteiger partial charge in [-0.1, -0.05) is 48.5 Å². The maximum Gasteiger partial charge on any atom is 0.252 e. The van der Waals surface area contributed by atoms with Gasteiger partial charge in [-0.15, -0.1) is 0 Å². The Balaban J connectivity index is 1.91. The van der Waals surface area contributed by atoms with Crippen molar-refractivity contribution >= 4 is 32.6 Å². The maximum atomic E-state index is 13.3. The Morgan fingerprint density at radius 3 is 2.34 bits per heavy atom. The molecule has 35 heavy (non-hydrogen) atoms. The van der Waals surface area contributed by atoms with Crippen LogP contribution in [-0.4, -0.2) is 65.0 Å². The van der Waals surface area contributed by atoms with Crippen LogP contribution in [0.2, 0.25) is 0 Å². The van der Waals surface area contributed by atoms with E-state index >= 15 is 0 Å². The lowest BCUT2D eigenvalue weighted by molar-refractivity contribution is -0.117. The zero-order valence-corrected chi connectivity index (χ0v) is 20.9. The monoisotopic (exact) mass is 497 g/mol. The number of amides is 1. The predicted octanol–water partition coefficient (Wildman–Crippen LogP) is 2.57. The Morgan fingerprint density at radius 2 is 1.69 bits per heavy atom. The molecule has 0 saturated carbocycles. The van der Waals surface area contributed by atoms with Crippen LogP contribution in [0.4, 0.5) is 0 Å². The first-order valence-electron chi connectivity index (χ1n) is 11.4. The molecule has 0 fully saturated rings. The molecule has 0 bridgehead atoms. The van der Waals surface area contributed by atoms with E-state index in [2.05, 4.69) is 10.3 Å². The van der Waals surface area contributed by atoms with Gasteiger partial charge in [0.05, 0.1) is 35.0 Å². The van der Waals surface area contributed by atoms with Gasteiger partial charge in [-0.3, -0.25) is 14.6 Å². The minimum Gasteiger partial charge on any atom is -0.390 e. The molecule has 2 aromatic carbocycles. The van der Waals surface area contributed by atoms with E-state index < -0.39 is 33.3 Å². The van der Waals surface area contributed by atoms with Crippen LogP contribution in [-0.2, 0) is 21.2 Å². The Morgan fingerprint density at radius 1 is 1.03 bits per heavy atom. The third-order valence-electron chi connectivity index (χ3n) is 5.72. The van der Waals surface area contributed by atoms with Crippen LogP contribution in [0.1, 0.15) is 36.7 Å². The van der Waals surface area contributed by atoms with Crippen molar-refractivity contribution in [3.05, 3.63) is 78.0 Å². The molecular weight excluding hydrogens is 466 g/mol. The van der Waals surface area contributed by atoms with Gasteiger partial charge in [0.15, 0.2) is 0 Å². The third-order valence-corrected chi connectivity index (χ3v) is 7.91. The molecule has 9 heteroatoms. The number of carbonyl (C=O) groups is 2. The summed E-state index contributed by atoms with van der Waals surface area (Å²) in [5.74, 6) is -0.748. The number of fused-ring (bicyclic) bond motifs is 1. The van der Waals surface area contributed by atoms with Crippen LogP contribution in [0.5, 0.6) is 0 Å². The maximum absolute atomic E-state index is 13.3. The van der Waals surface area contributed by atoms with Gasteiger partial charge in [0.2, 0.25) is 10.0 Å². The van der Waals surface area contributed by atoms with Crippen LogP contribution in [0.25, 0.3) is 10.9 Å². The van der Waals surface area contributed by atoms with E-state index in [1.807, 2.05) is 42.5 Å². The lowest BCUT2D eigenvalue weighted by atomic mass is 10.00. The van der Waals surface area contributed by atoms with E-state index in [9.17, 15) is 23.1 Å². The first-order valence-corrected chi connectivity index (χ1v) is 12.9. The number of rotatable bonds is 11. The average Bonchev–Trinajstić information content (AvgIpc) is 2.83. The minimum atomic E-state index is -3.81. The highest BCUT2D eigenvalue weighted by atomic mass is 32.2. The number of sulfonamides is 1. The van der Waals surface area contributed by atoms with Crippen molar-refractivity contribution in [1.82, 2.24) is 14.6 Å². The van der Waals surface area contributed by atoms with E-state index in [4.69, 9.17) is 0 Å². The average molecular weight is 498 g/mol. The Kier molecular flexibility index (Phi) is 8.71. The summed E-state index contributed by atoms with van der Waals surface area (Å²) in [7, 11) is -3.81. The zero-order valence-electron chi connectivity index (χ0n) is 20.1. The SMILES string of the molecule is CC(=O)CN(C[C@@H](O)[C@H](Cc1ccccc1)NC(=O)c1ccnc2ccccc12)S(=O)(=O)C(C)C. The largest absolute Gasteiger partial charge is 0.390 e. The normalized spacial score (nSPS) is 13.7. The summed E-state index contributed by atoms with van der Waals surface area (Å²) in [6.45, 7) is 3.67. The molecule has 1 heterocycles. The molecule has 3 aromatic rings. The molecule has 2 N–H and O–H groups in total. The number of aliphatic hydroxyl groups excluding tert-OH is 1. The van der Waals surface area contributed by atoms with Crippen LogP contribution in [0, 0.1) is 0 Å². The van der Waals surface area contributed by atoms with Gasteiger partial charge in [-0.05, 0) is 44.9 Å². The van der Waals surface area contributed by atoms with Crippen molar-refractivity contribution in [3.63, 3.8) is 0 Å². The molecule has 0 radical (unpaired) electrons. The number of Topliss-reactive ketones (excluding diaryl/α,β-unsaturated/α-hetero) is 1. The van der Waals surface area contributed by atoms with Gasteiger partial charge >= 0.3 is 0 Å². The van der Waals surface area contributed by atoms with E-state index in [1.165, 1.54) is 20.8 Å². The predicted molar refractivity (Wildman–Crippen MR) is 135 cm³/mol. The number of benzene rings is 2. The molecule has 8 nitrogen and oxygen atoms in total. The highest BCUT2D eigenvalue weighted by Gasteiger charge is 2.32. The second-order valence-corrected chi connectivity index (χ2v) is 11.3. The third kappa shape index (κ3) is 6.72. The molecular formula is C26H31N3O5S. The molecule has 0 spiro atoms. The van der Waals surface area contributed by atoms with Crippen LogP contribution >= 0.6 is 0 Å². The fraction of sp³-hybridized carbons (Fsp3) is 0.346. The van der Waals surface area contributed by atoms with E-state index in [-0.39, 0.29) is 25.3 Å². The van der Waals surface area contributed by atoms with Crippen molar-refractivity contribution in [2.24, 2.45) is 0 Å². The fourth-order valence-corrected chi connectivity index (χ4v) is 5.15. The summed E-state index contributed by atoms with van der Waals surface area (Å²) in [4.78, 5) is 29.4. The molecule has 3 rings (SSSR count). The summed E-state index contributed by atoms with van der Waals surface area (Å²) in [5.41, 5.74) is 1.92. The summed E-state index contributed by atoms with van der Waals surface area (Å²) in [6, 6.07) is 17.3. The molecule has 0 aliphatic carbocycles. The van der Waals surface area contributed by atoms with Crippen molar-refractivity contribution in [1.29, 1.82) is 0 Å². The van der Waals surface area contributed by atoms with Gasteiger partial charge in [-0.25, -0.2) is 8.42 Å². The second kappa shape index (κ2) is 11.5. The van der Waals surface area contributed by atoms with Gasteiger partial charge in [0, 0.05) is 18.1 Å². The zero-order chi connectivity index (χ0) is 25.6. The molecule has 186 valence electrons. The number of nitrogens with zero attached hydrogens (tertiary/aromatic N) is 2. The molecule has 0 unspecified atom stereocenters. The minimum absolute atomic E-state index is 0.270. The molecule has 1 aromatic heterocycles. The molecule has 0 aliphatic rings. The van der Waals surface area contributed by atoms with E-state index in [0.29, 0.717) is 16.5 Å². The fourth-order valence-electron chi connectivity index (χ4n) is 3.83. The Bertz CT molecular complexity index is 1270. The number of ketones is 1. The Hall–Kier alpha value is -3.14. The first kappa shape index (κ1) is 26.5. The standard InChI is InChI=1S/C26H31N3O5S/c1-18(2)35(33,34)29(16-19(3)30)17-25(31)24(15-20-9-5-4-6-10-20)28-26(32)22-13-14-27-23-12-8-7-11-21(22)23/h4-14,18,24-25,31H,15-17H2,1-3H3,(H,28,32)/t24-,25+/m0/s1. The van der Waals surface area contributed by atoms with Crippen molar-refractivity contribution in [2.45, 2.75) is 44.6 Å². The number of hydrogen-bond donors (Lipinski definition) is 2. The molecule has 1 amide bonds. The quantitative estimate of drug-likeness (QED) is 0.421. The second-order valence-electron chi connectivity index (χ2n) is 8.80. The number of para-hydroxylation sites is 1. The number of hydrogen-bond acceptors (Lipinski definition) is 6. The summed E-state index contributed by atoms with van der Waals surface area (Å²) >= 11 is 0. The molecule has 0 aliphatic heterocycles. The van der Waals surface area contributed by atoms with Crippen LogP contribution in [0.15, 0.2) is 66.9 Å². The summed E-state index contributed by atoms with van der Waals surface area (Å²) in [5, 5.41) is 14.0. The summed E-state index contributed by atoms with van der Waals surface area (Å²) < 4.78 is 26.7. The summed E-state index contributed by atoms with van der Waals surface area (Å²) in [6.07, 6.45) is 0.552. The lowest BCUT2D eigenvalue weighted by Crippen LogP contribution is -2.52. The number of aliphatic hydroxyl groups is 1. The molecule has 0 saturated heterocycles. The highest BCUT2D eigenvalue weighted by molar-refractivity contribution is 7.89. The number of carbonyl (C=O) groups excluding carboxylic acids is 2. The number of nitrogens with one attached hydrogen (secondary N) is 1. The van der Waals surface area contributed by atoms with Gasteiger partial charge in [0.1, 0.15) is 5.78 Å². The van der Waals surface area contributed by atoms with Crippen molar-refractivity contribution < 1.29 is 23.1 Å². The van der Waals surface area contributed by atoms with Gasteiger partial charge < -0.3 is 10.4 Å². The van der Waals surface area contributed by atoms with E-state index in [1.54, 1.807) is 24.4 Å². The number of pyridine rings is 1. The van der Waals surface area contributed by atoms with Crippen LogP contribution < -0.4 is 5.32 Å². The lowest BCUT2D eigenvalue weighted by Gasteiger charge is -2.30. The first-order chi connectivity index (χ1) is 16.6. The van der Waals surface area contributed by atoms with E-state index in [0.717, 1.165) is 9.87 Å². The smallest absolute Gasteiger partial charge is 0.252 e. The van der Waals surface area contributed by atoms with Crippen molar-refractivity contribution in [2.75, 3.05) is 13.1 Å². The Labute approximate surface area is 206 Å². The highest BCUT2D eigenvalue weighted by Crippen LogP contribution is 2.18. The van der Waals surface area contributed by atoms with Gasteiger partial charge in [-0.2, -0.15) is 4.31 Å².